The van der Waals surface area contributed by atoms with Crippen molar-refractivity contribution in [3.63, 3.8) is 0 Å². The molecule has 1 heterocycles. The minimum absolute atomic E-state index is 0.183. The third-order valence-electron chi connectivity index (χ3n) is 3.80. The first-order valence-electron chi connectivity index (χ1n) is 7.04. The van der Waals surface area contributed by atoms with Crippen LogP contribution in [0, 0.1) is 11.8 Å². The Morgan fingerprint density at radius 1 is 1.22 bits per heavy atom. The highest BCUT2D eigenvalue weighted by atomic mass is 19.4. The number of carbonyl (C=O) groups excluding carboxylic acids is 2. The Morgan fingerprint density at radius 3 is 2.39 bits per heavy atom. The molecule has 0 bridgehead atoms. The summed E-state index contributed by atoms with van der Waals surface area (Å²) >= 11 is 0. The second-order valence-corrected chi connectivity index (χ2v) is 5.43. The van der Waals surface area contributed by atoms with Crippen molar-refractivity contribution >= 4 is 11.8 Å². The monoisotopic (exact) mass is 330 g/mol. The van der Waals surface area contributed by atoms with Crippen LogP contribution < -0.4 is 5.73 Å². The molecule has 2 rings (SSSR count). The molecule has 126 valence electrons. The first-order chi connectivity index (χ1) is 10.8. The van der Waals surface area contributed by atoms with E-state index in [1.807, 2.05) is 30.3 Å². The number of likely N-dealkylation sites (tertiary alicyclic amines) is 1. The lowest BCUT2D eigenvalue weighted by Crippen LogP contribution is -2.37. The summed E-state index contributed by atoms with van der Waals surface area (Å²) in [4.78, 5) is 24.1. The van der Waals surface area contributed by atoms with Crippen LogP contribution in [0.25, 0.3) is 0 Å². The number of hydrogen-bond acceptors (Lipinski definition) is 3. The zero-order valence-corrected chi connectivity index (χ0v) is 12.3. The summed E-state index contributed by atoms with van der Waals surface area (Å²) in [5.41, 5.74) is 5.87. The molecule has 1 aliphatic rings. The smallest absolute Gasteiger partial charge is 0.369 e. The van der Waals surface area contributed by atoms with Gasteiger partial charge in [0.15, 0.2) is 0 Å². The van der Waals surface area contributed by atoms with E-state index >= 15 is 0 Å². The Bertz CT molecular complexity index is 563. The number of nitrogens with zero attached hydrogens (tertiary/aromatic N) is 1. The molecule has 8 heteroatoms. The summed E-state index contributed by atoms with van der Waals surface area (Å²) in [6.45, 7) is -1.05. The largest absolute Gasteiger partial charge is 0.394 e. The van der Waals surface area contributed by atoms with Crippen LogP contribution in [0.5, 0.6) is 0 Å². The van der Waals surface area contributed by atoms with E-state index in [0.717, 1.165) is 10.5 Å². The zero-order valence-electron chi connectivity index (χ0n) is 12.3. The molecule has 0 saturated carbocycles. The molecule has 0 aliphatic carbocycles. The molecule has 1 aromatic carbocycles. The van der Waals surface area contributed by atoms with Crippen molar-refractivity contribution in [3.05, 3.63) is 35.9 Å². The Morgan fingerprint density at radius 2 is 1.87 bits per heavy atom. The van der Waals surface area contributed by atoms with Crippen LogP contribution in [-0.4, -0.2) is 42.6 Å². The fraction of sp³-hybridized carbons (Fsp3) is 0.467. The van der Waals surface area contributed by atoms with Gasteiger partial charge in [0, 0.05) is 13.1 Å². The minimum Gasteiger partial charge on any atom is -0.369 e. The molecule has 2 N–H and O–H groups in total. The highest BCUT2D eigenvalue weighted by Gasteiger charge is 2.52. The molecule has 2 atom stereocenters. The molecule has 1 aliphatic heterocycles. The predicted molar refractivity (Wildman–Crippen MR) is 74.9 cm³/mol. The molecule has 1 saturated heterocycles. The fourth-order valence-electron chi connectivity index (χ4n) is 2.55. The molecule has 1 fully saturated rings. The summed E-state index contributed by atoms with van der Waals surface area (Å²) in [7, 11) is 0. The molecule has 0 radical (unpaired) electrons. The van der Waals surface area contributed by atoms with Gasteiger partial charge in [0.2, 0.25) is 11.8 Å². The van der Waals surface area contributed by atoms with Gasteiger partial charge in [0.25, 0.3) is 0 Å². The van der Waals surface area contributed by atoms with Gasteiger partial charge >= 0.3 is 6.18 Å². The zero-order chi connectivity index (χ0) is 17.0. The van der Waals surface area contributed by atoms with E-state index in [9.17, 15) is 22.8 Å². The van der Waals surface area contributed by atoms with Crippen molar-refractivity contribution in [3.8, 4) is 0 Å². The van der Waals surface area contributed by atoms with Gasteiger partial charge in [0.05, 0.1) is 18.4 Å². The van der Waals surface area contributed by atoms with E-state index < -0.39 is 36.4 Å². The minimum atomic E-state index is -4.57. The number of amides is 2. The lowest BCUT2D eigenvalue weighted by Gasteiger charge is -2.18. The van der Waals surface area contributed by atoms with E-state index in [0.29, 0.717) is 0 Å². The maximum absolute atomic E-state index is 12.9. The maximum atomic E-state index is 12.9. The van der Waals surface area contributed by atoms with Gasteiger partial charge in [-0.15, -0.1) is 0 Å². The highest BCUT2D eigenvalue weighted by molar-refractivity contribution is 5.82. The van der Waals surface area contributed by atoms with Crippen molar-refractivity contribution < 1.29 is 27.5 Å². The van der Waals surface area contributed by atoms with Crippen LogP contribution in [0.1, 0.15) is 5.56 Å². The summed E-state index contributed by atoms with van der Waals surface area (Å²) in [6.07, 6.45) is -4.57. The second kappa shape index (κ2) is 6.99. The maximum Gasteiger partial charge on any atom is 0.394 e. The topological polar surface area (TPSA) is 72.6 Å². The third-order valence-corrected chi connectivity index (χ3v) is 3.80. The molecule has 2 amide bonds. The van der Waals surface area contributed by atoms with E-state index in [1.54, 1.807) is 0 Å². The average Bonchev–Trinajstić information content (AvgIpc) is 2.94. The average molecular weight is 330 g/mol. The van der Waals surface area contributed by atoms with Crippen LogP contribution in [0.2, 0.25) is 0 Å². The number of halogens is 3. The van der Waals surface area contributed by atoms with Gasteiger partial charge in [-0.2, -0.15) is 13.2 Å². The van der Waals surface area contributed by atoms with Gasteiger partial charge < -0.3 is 15.4 Å². The first-order valence-corrected chi connectivity index (χ1v) is 7.04. The van der Waals surface area contributed by atoms with Gasteiger partial charge in [-0.25, -0.2) is 0 Å². The number of alkyl halides is 3. The quantitative estimate of drug-likeness (QED) is 0.885. The Labute approximate surface area is 131 Å². The molecule has 0 aromatic heterocycles. The van der Waals surface area contributed by atoms with Crippen molar-refractivity contribution in [2.75, 3.05) is 19.7 Å². The molecular formula is C15H17F3N2O3. The molecule has 0 spiro atoms. The molecule has 23 heavy (non-hydrogen) atoms. The second-order valence-electron chi connectivity index (χ2n) is 5.43. The van der Waals surface area contributed by atoms with Crippen LogP contribution in [0.15, 0.2) is 30.3 Å². The first kappa shape index (κ1) is 17.3. The van der Waals surface area contributed by atoms with Crippen molar-refractivity contribution in [2.45, 2.75) is 12.8 Å². The molecule has 5 nitrogen and oxygen atoms in total. The predicted octanol–water partition coefficient (Wildman–Crippen LogP) is 1.33. The molecule has 1 aromatic rings. The standard InChI is InChI=1S/C15H17F3N2O3/c16-15(17,18)12-7-20(6-11(12)14(19)22)13(21)9-23-8-10-4-2-1-3-5-10/h1-5,11-12H,6-9H2,(H2,19,22)/t11-,12-/m1/s1. The number of benzene rings is 1. The highest BCUT2D eigenvalue weighted by Crippen LogP contribution is 2.37. The van der Waals surface area contributed by atoms with Crippen LogP contribution >= 0.6 is 0 Å². The number of primary amides is 1. The Hall–Kier alpha value is -2.09. The lowest BCUT2D eigenvalue weighted by atomic mass is 9.95. The molecular weight excluding hydrogens is 313 g/mol. The normalized spacial score (nSPS) is 21.4. The Balaban J connectivity index is 1.89. The summed E-state index contributed by atoms with van der Waals surface area (Å²) < 4.78 is 43.9. The van der Waals surface area contributed by atoms with Crippen molar-refractivity contribution in [1.29, 1.82) is 0 Å². The van der Waals surface area contributed by atoms with Gasteiger partial charge in [-0.05, 0) is 5.56 Å². The van der Waals surface area contributed by atoms with E-state index in [4.69, 9.17) is 10.5 Å². The van der Waals surface area contributed by atoms with E-state index in [-0.39, 0.29) is 19.8 Å². The summed E-state index contributed by atoms with van der Waals surface area (Å²) in [5.74, 6) is -4.96. The summed E-state index contributed by atoms with van der Waals surface area (Å²) in [6, 6.07) is 9.07. The van der Waals surface area contributed by atoms with E-state index in [2.05, 4.69) is 0 Å². The SMILES string of the molecule is NC(=O)[C@@H]1CN(C(=O)COCc2ccccc2)C[C@H]1C(F)(F)F. The van der Waals surface area contributed by atoms with Gasteiger partial charge in [-0.1, -0.05) is 30.3 Å². The van der Waals surface area contributed by atoms with Gasteiger partial charge in [-0.3, -0.25) is 9.59 Å². The number of rotatable bonds is 5. The summed E-state index contributed by atoms with van der Waals surface area (Å²) in [5, 5.41) is 0. The molecule has 0 unspecified atom stereocenters. The lowest BCUT2D eigenvalue weighted by molar-refractivity contribution is -0.183. The van der Waals surface area contributed by atoms with Crippen LogP contribution in [0.3, 0.4) is 0 Å². The van der Waals surface area contributed by atoms with Crippen LogP contribution in [-0.2, 0) is 20.9 Å². The third kappa shape index (κ3) is 4.44. The van der Waals surface area contributed by atoms with Crippen molar-refractivity contribution in [2.24, 2.45) is 17.6 Å². The van der Waals surface area contributed by atoms with Crippen molar-refractivity contribution in [1.82, 2.24) is 4.90 Å². The number of nitrogens with two attached hydrogens (primary N) is 1. The number of hydrogen-bond donors (Lipinski definition) is 1. The van der Waals surface area contributed by atoms with Gasteiger partial charge in [0.1, 0.15) is 6.61 Å². The van der Waals surface area contributed by atoms with E-state index in [1.165, 1.54) is 0 Å². The number of ether oxygens (including phenoxy) is 1. The van der Waals surface area contributed by atoms with Crippen LogP contribution in [0.4, 0.5) is 13.2 Å². The Kier molecular flexibility index (Phi) is 5.25. The number of carbonyl (C=O) groups is 2. The fourth-order valence-corrected chi connectivity index (χ4v) is 2.55.